The molecule has 0 saturated heterocycles. The van der Waals surface area contributed by atoms with E-state index in [4.69, 9.17) is 20.9 Å². The molecule has 2 N–H and O–H groups in total. The maximum absolute atomic E-state index is 12.1. The Labute approximate surface area is 173 Å². The van der Waals surface area contributed by atoms with Gasteiger partial charge in [-0.2, -0.15) is 0 Å². The number of amides is 2. The van der Waals surface area contributed by atoms with Crippen molar-refractivity contribution in [1.82, 2.24) is 10.5 Å². The zero-order valence-electron chi connectivity index (χ0n) is 15.9. The van der Waals surface area contributed by atoms with Gasteiger partial charge in [-0.05, 0) is 49.2 Å². The smallest absolute Gasteiger partial charge is 0.411 e. The predicted molar refractivity (Wildman–Crippen MR) is 109 cm³/mol. The summed E-state index contributed by atoms with van der Waals surface area (Å²) in [5.74, 6) is -0.179. The van der Waals surface area contributed by atoms with Crippen molar-refractivity contribution >= 4 is 29.3 Å². The summed E-state index contributed by atoms with van der Waals surface area (Å²) in [5, 5.41) is 9.82. The molecule has 0 unspecified atom stereocenters. The molecule has 2 aromatic carbocycles. The fourth-order valence-corrected chi connectivity index (χ4v) is 2.69. The second kappa shape index (κ2) is 9.25. The molecule has 1 atom stereocenters. The molecule has 3 aromatic rings. The van der Waals surface area contributed by atoms with E-state index < -0.39 is 6.09 Å². The Morgan fingerprint density at radius 1 is 1.14 bits per heavy atom. The van der Waals surface area contributed by atoms with E-state index in [-0.39, 0.29) is 24.3 Å². The highest BCUT2D eigenvalue weighted by Gasteiger charge is 2.15. The SMILES string of the molecule is Cc1cc(C(=O)N[C@@H](C)c2ccc(NC(=O)OCc3ccc(Cl)cc3)cc2)on1. The Hall–Kier alpha value is -3.32. The lowest BCUT2D eigenvalue weighted by atomic mass is 10.1. The van der Waals surface area contributed by atoms with Crippen molar-refractivity contribution in [1.29, 1.82) is 0 Å². The topological polar surface area (TPSA) is 93.5 Å². The summed E-state index contributed by atoms with van der Waals surface area (Å²) in [7, 11) is 0. The molecule has 3 rings (SSSR count). The Kier molecular flexibility index (Phi) is 6.51. The van der Waals surface area contributed by atoms with E-state index in [1.54, 1.807) is 49.4 Å². The summed E-state index contributed by atoms with van der Waals surface area (Å²) in [6.45, 7) is 3.74. The fourth-order valence-electron chi connectivity index (χ4n) is 2.56. The number of hydrogen-bond donors (Lipinski definition) is 2. The van der Waals surface area contributed by atoms with Gasteiger partial charge >= 0.3 is 6.09 Å². The number of nitrogens with zero attached hydrogens (tertiary/aromatic N) is 1. The summed E-state index contributed by atoms with van der Waals surface area (Å²) < 4.78 is 10.1. The molecule has 0 bridgehead atoms. The predicted octanol–water partition coefficient (Wildman–Crippen LogP) is 4.88. The normalized spacial score (nSPS) is 11.6. The van der Waals surface area contributed by atoms with E-state index in [0.717, 1.165) is 11.1 Å². The van der Waals surface area contributed by atoms with Crippen LogP contribution in [0.5, 0.6) is 0 Å². The first-order valence-corrected chi connectivity index (χ1v) is 9.31. The van der Waals surface area contributed by atoms with E-state index in [9.17, 15) is 9.59 Å². The van der Waals surface area contributed by atoms with Gasteiger partial charge in [-0.3, -0.25) is 10.1 Å². The van der Waals surface area contributed by atoms with Crippen LogP contribution in [0.2, 0.25) is 5.02 Å². The standard InChI is InChI=1S/C21H20ClN3O4/c1-13-11-19(29-25-13)20(26)23-14(2)16-5-9-18(10-6-16)24-21(27)28-12-15-3-7-17(22)8-4-15/h3-11,14H,12H2,1-2H3,(H,23,26)(H,24,27)/t14-/m0/s1. The van der Waals surface area contributed by atoms with Gasteiger partial charge in [-0.15, -0.1) is 0 Å². The van der Waals surface area contributed by atoms with Crippen molar-refractivity contribution in [2.24, 2.45) is 0 Å². The van der Waals surface area contributed by atoms with Gasteiger partial charge in [0.15, 0.2) is 0 Å². The van der Waals surface area contributed by atoms with E-state index in [0.29, 0.717) is 16.4 Å². The molecule has 1 heterocycles. The Balaban J connectivity index is 1.50. The van der Waals surface area contributed by atoms with Crippen LogP contribution in [0.4, 0.5) is 10.5 Å². The van der Waals surface area contributed by atoms with Gasteiger partial charge in [-0.25, -0.2) is 4.79 Å². The lowest BCUT2D eigenvalue weighted by Crippen LogP contribution is -2.26. The molecule has 0 aliphatic rings. The first-order chi connectivity index (χ1) is 13.9. The number of rotatable bonds is 6. The summed E-state index contributed by atoms with van der Waals surface area (Å²) in [5.41, 5.74) is 2.93. The minimum Gasteiger partial charge on any atom is -0.444 e. The molecule has 0 fully saturated rings. The quantitative estimate of drug-likeness (QED) is 0.600. The number of ether oxygens (including phenoxy) is 1. The molecule has 0 spiro atoms. The zero-order valence-corrected chi connectivity index (χ0v) is 16.7. The number of aryl methyl sites for hydroxylation is 1. The molecule has 150 valence electrons. The molecular formula is C21H20ClN3O4. The zero-order chi connectivity index (χ0) is 20.8. The maximum Gasteiger partial charge on any atom is 0.411 e. The van der Waals surface area contributed by atoms with Crippen molar-refractivity contribution in [3.8, 4) is 0 Å². The molecule has 29 heavy (non-hydrogen) atoms. The summed E-state index contributed by atoms with van der Waals surface area (Å²) in [4.78, 5) is 24.1. The number of anilines is 1. The lowest BCUT2D eigenvalue weighted by molar-refractivity contribution is 0.0902. The van der Waals surface area contributed by atoms with Crippen molar-refractivity contribution in [3.63, 3.8) is 0 Å². The van der Waals surface area contributed by atoms with Crippen LogP contribution < -0.4 is 10.6 Å². The van der Waals surface area contributed by atoms with E-state index in [1.807, 2.05) is 19.1 Å². The van der Waals surface area contributed by atoms with Crippen LogP contribution in [0, 0.1) is 6.92 Å². The Morgan fingerprint density at radius 3 is 2.45 bits per heavy atom. The van der Waals surface area contributed by atoms with Gasteiger partial charge in [0.1, 0.15) is 6.61 Å². The molecule has 7 nitrogen and oxygen atoms in total. The first kappa shape index (κ1) is 20.4. The number of carbonyl (C=O) groups excluding carboxylic acids is 2. The largest absolute Gasteiger partial charge is 0.444 e. The second-order valence-corrected chi connectivity index (χ2v) is 6.91. The second-order valence-electron chi connectivity index (χ2n) is 6.48. The van der Waals surface area contributed by atoms with Crippen LogP contribution in [0.25, 0.3) is 0 Å². The van der Waals surface area contributed by atoms with Crippen LogP contribution in [-0.4, -0.2) is 17.2 Å². The number of nitrogens with one attached hydrogen (secondary N) is 2. The molecular weight excluding hydrogens is 394 g/mol. The summed E-state index contributed by atoms with van der Waals surface area (Å²) >= 11 is 5.83. The minimum absolute atomic E-state index is 0.144. The van der Waals surface area contributed by atoms with Gasteiger partial charge in [0, 0.05) is 16.8 Å². The van der Waals surface area contributed by atoms with Crippen molar-refractivity contribution < 1.29 is 18.8 Å². The fraction of sp³-hybridized carbons (Fsp3) is 0.190. The van der Waals surface area contributed by atoms with Crippen molar-refractivity contribution in [2.75, 3.05) is 5.32 Å². The third kappa shape index (κ3) is 5.83. The van der Waals surface area contributed by atoms with E-state index >= 15 is 0 Å². The number of carbonyl (C=O) groups is 2. The number of benzene rings is 2. The molecule has 0 aliphatic heterocycles. The van der Waals surface area contributed by atoms with Crippen LogP contribution in [0.15, 0.2) is 59.1 Å². The average molecular weight is 414 g/mol. The van der Waals surface area contributed by atoms with Crippen LogP contribution in [0.3, 0.4) is 0 Å². The van der Waals surface area contributed by atoms with Gasteiger partial charge in [0.05, 0.1) is 11.7 Å². The Morgan fingerprint density at radius 2 is 1.83 bits per heavy atom. The average Bonchev–Trinajstić information content (AvgIpc) is 3.14. The minimum atomic E-state index is -0.560. The third-order valence-electron chi connectivity index (χ3n) is 4.14. The molecule has 1 aromatic heterocycles. The number of aromatic nitrogens is 1. The highest BCUT2D eigenvalue weighted by molar-refractivity contribution is 6.30. The van der Waals surface area contributed by atoms with E-state index in [2.05, 4.69) is 15.8 Å². The number of hydrogen-bond acceptors (Lipinski definition) is 5. The van der Waals surface area contributed by atoms with Gasteiger partial charge in [0.25, 0.3) is 5.91 Å². The highest BCUT2D eigenvalue weighted by Crippen LogP contribution is 2.17. The van der Waals surface area contributed by atoms with Crippen molar-refractivity contribution in [2.45, 2.75) is 26.5 Å². The maximum atomic E-state index is 12.1. The van der Waals surface area contributed by atoms with Gasteiger partial charge < -0.3 is 14.6 Å². The van der Waals surface area contributed by atoms with Crippen LogP contribution >= 0.6 is 11.6 Å². The molecule has 8 heteroatoms. The summed E-state index contributed by atoms with van der Waals surface area (Å²) in [6.07, 6.45) is -0.560. The van der Waals surface area contributed by atoms with Gasteiger partial charge in [-0.1, -0.05) is 41.0 Å². The molecule has 0 saturated carbocycles. The number of halogens is 1. The van der Waals surface area contributed by atoms with E-state index in [1.165, 1.54) is 0 Å². The van der Waals surface area contributed by atoms with Crippen LogP contribution in [0.1, 0.15) is 40.3 Å². The van der Waals surface area contributed by atoms with Gasteiger partial charge in [0.2, 0.25) is 5.76 Å². The monoisotopic (exact) mass is 413 g/mol. The molecule has 2 amide bonds. The summed E-state index contributed by atoms with van der Waals surface area (Å²) in [6, 6.07) is 15.5. The third-order valence-corrected chi connectivity index (χ3v) is 4.39. The highest BCUT2D eigenvalue weighted by atomic mass is 35.5. The Bertz CT molecular complexity index is 984. The van der Waals surface area contributed by atoms with Crippen LogP contribution in [-0.2, 0) is 11.3 Å². The van der Waals surface area contributed by atoms with Crippen molar-refractivity contribution in [3.05, 3.63) is 82.2 Å². The molecule has 0 aliphatic carbocycles. The lowest BCUT2D eigenvalue weighted by Gasteiger charge is -2.14. The molecule has 0 radical (unpaired) electrons. The first-order valence-electron chi connectivity index (χ1n) is 8.93.